The number of ether oxygens (including phenoxy) is 1. The van der Waals surface area contributed by atoms with Crippen molar-refractivity contribution in [2.45, 2.75) is 26.7 Å². The van der Waals surface area contributed by atoms with Gasteiger partial charge in [0.05, 0.1) is 21.5 Å². The highest BCUT2D eigenvalue weighted by Gasteiger charge is 2.30. The number of thiazole rings is 1. The van der Waals surface area contributed by atoms with E-state index in [9.17, 15) is 14.4 Å². The summed E-state index contributed by atoms with van der Waals surface area (Å²) in [5.41, 5.74) is 1.52. The number of carbonyl (C=O) groups excluding carboxylic acids is 3. The maximum Gasteiger partial charge on any atom is 0.343 e. The molecule has 8 heteroatoms. The second kappa shape index (κ2) is 8.23. The van der Waals surface area contributed by atoms with Crippen LogP contribution in [0, 0.1) is 0 Å². The van der Waals surface area contributed by atoms with Crippen LogP contribution in [0.1, 0.15) is 37.0 Å². The molecule has 1 fully saturated rings. The molecular weight excluding hydrogens is 402 g/mol. The molecule has 0 aliphatic carbocycles. The summed E-state index contributed by atoms with van der Waals surface area (Å²) in [6.45, 7) is 5.91. The average molecular weight is 423 g/mol. The lowest BCUT2D eigenvalue weighted by atomic mass is 10.2. The summed E-state index contributed by atoms with van der Waals surface area (Å²) in [5.74, 6) is -0.653. The Kier molecular flexibility index (Phi) is 5.50. The number of aromatic nitrogens is 1. The highest BCUT2D eigenvalue weighted by Crippen LogP contribution is 2.32. The monoisotopic (exact) mass is 423 g/mol. The van der Waals surface area contributed by atoms with Gasteiger partial charge in [0.25, 0.3) is 0 Å². The van der Waals surface area contributed by atoms with E-state index in [4.69, 9.17) is 4.74 Å². The number of anilines is 2. The molecule has 0 radical (unpaired) electrons. The zero-order valence-electron chi connectivity index (χ0n) is 16.8. The van der Waals surface area contributed by atoms with Crippen LogP contribution in [0.2, 0.25) is 0 Å². The SMILES string of the molecule is CCN(CC)c1nc2ccc(OC(=O)c3cccc(N4C(=O)CCC4=O)c3)cc2s1. The second-order valence-corrected chi connectivity index (χ2v) is 7.87. The largest absolute Gasteiger partial charge is 0.423 e. The lowest BCUT2D eigenvalue weighted by Gasteiger charge is -2.16. The van der Waals surface area contributed by atoms with Crippen LogP contribution < -0.4 is 14.5 Å². The van der Waals surface area contributed by atoms with E-state index in [1.54, 1.807) is 41.7 Å². The van der Waals surface area contributed by atoms with Crippen molar-refractivity contribution in [3.63, 3.8) is 0 Å². The van der Waals surface area contributed by atoms with Crippen LogP contribution in [-0.4, -0.2) is 35.9 Å². The Morgan fingerprint density at radius 2 is 1.83 bits per heavy atom. The fourth-order valence-electron chi connectivity index (χ4n) is 3.39. The van der Waals surface area contributed by atoms with Crippen LogP contribution in [0.5, 0.6) is 5.75 Å². The first-order valence-electron chi connectivity index (χ1n) is 9.83. The number of hydrogen-bond acceptors (Lipinski definition) is 7. The summed E-state index contributed by atoms with van der Waals surface area (Å²) in [6, 6.07) is 11.7. The zero-order chi connectivity index (χ0) is 21.3. The smallest absolute Gasteiger partial charge is 0.343 e. The normalized spacial score (nSPS) is 13.9. The minimum absolute atomic E-state index is 0.192. The minimum Gasteiger partial charge on any atom is -0.423 e. The molecule has 0 atom stereocenters. The van der Waals surface area contributed by atoms with E-state index >= 15 is 0 Å². The van der Waals surface area contributed by atoms with Crippen LogP contribution in [0.15, 0.2) is 42.5 Å². The van der Waals surface area contributed by atoms with Gasteiger partial charge in [0, 0.05) is 32.0 Å². The summed E-state index contributed by atoms with van der Waals surface area (Å²) in [4.78, 5) is 44.5. The predicted octanol–water partition coefficient (Wildman–Crippen LogP) is 4.02. The third kappa shape index (κ3) is 3.78. The van der Waals surface area contributed by atoms with Crippen LogP contribution in [0.25, 0.3) is 10.2 Å². The van der Waals surface area contributed by atoms with Gasteiger partial charge in [0.15, 0.2) is 5.13 Å². The van der Waals surface area contributed by atoms with Gasteiger partial charge in [-0.2, -0.15) is 0 Å². The Labute approximate surface area is 177 Å². The van der Waals surface area contributed by atoms with Gasteiger partial charge in [-0.1, -0.05) is 17.4 Å². The fourth-order valence-corrected chi connectivity index (χ4v) is 4.51. The summed E-state index contributed by atoms with van der Waals surface area (Å²) in [6.07, 6.45) is 0.385. The number of benzene rings is 2. The molecule has 2 amide bonds. The number of amides is 2. The molecule has 1 saturated heterocycles. The second-order valence-electron chi connectivity index (χ2n) is 6.86. The predicted molar refractivity (Wildman–Crippen MR) is 116 cm³/mol. The van der Waals surface area contributed by atoms with Gasteiger partial charge in [0.1, 0.15) is 5.75 Å². The summed E-state index contributed by atoms with van der Waals surface area (Å²) < 4.78 is 6.47. The number of imide groups is 1. The first kappa shape index (κ1) is 20.0. The molecule has 1 aromatic heterocycles. The molecule has 7 nitrogen and oxygen atoms in total. The molecule has 30 heavy (non-hydrogen) atoms. The molecule has 0 saturated carbocycles. The van der Waals surface area contributed by atoms with Crippen LogP contribution in [0.4, 0.5) is 10.8 Å². The maximum atomic E-state index is 12.7. The highest BCUT2D eigenvalue weighted by molar-refractivity contribution is 7.22. The van der Waals surface area contributed by atoms with Gasteiger partial charge in [-0.05, 0) is 44.2 Å². The Balaban J connectivity index is 1.55. The van der Waals surface area contributed by atoms with E-state index < -0.39 is 5.97 Å². The molecule has 0 N–H and O–H groups in total. The van der Waals surface area contributed by atoms with E-state index in [0.717, 1.165) is 33.3 Å². The molecular formula is C22H21N3O4S. The zero-order valence-corrected chi connectivity index (χ0v) is 17.6. The van der Waals surface area contributed by atoms with Crippen molar-refractivity contribution >= 4 is 50.2 Å². The lowest BCUT2D eigenvalue weighted by Crippen LogP contribution is -2.28. The molecule has 3 aromatic rings. The van der Waals surface area contributed by atoms with Gasteiger partial charge in [-0.3, -0.25) is 14.5 Å². The Hall–Kier alpha value is -3.26. The van der Waals surface area contributed by atoms with E-state index in [0.29, 0.717) is 11.4 Å². The van der Waals surface area contributed by atoms with E-state index in [1.165, 1.54) is 6.07 Å². The third-order valence-corrected chi connectivity index (χ3v) is 6.06. The molecule has 2 aromatic carbocycles. The van der Waals surface area contributed by atoms with E-state index in [-0.39, 0.29) is 30.2 Å². The summed E-state index contributed by atoms with van der Waals surface area (Å²) >= 11 is 1.55. The van der Waals surface area contributed by atoms with Gasteiger partial charge in [-0.15, -0.1) is 0 Å². The van der Waals surface area contributed by atoms with Crippen molar-refractivity contribution in [3.8, 4) is 5.75 Å². The lowest BCUT2D eigenvalue weighted by molar-refractivity contribution is -0.121. The molecule has 0 bridgehead atoms. The van der Waals surface area contributed by atoms with Crippen molar-refractivity contribution in [3.05, 3.63) is 48.0 Å². The van der Waals surface area contributed by atoms with Gasteiger partial charge in [-0.25, -0.2) is 9.78 Å². The quantitative estimate of drug-likeness (QED) is 0.339. The third-order valence-electron chi connectivity index (χ3n) is 4.98. The van der Waals surface area contributed by atoms with Crippen LogP contribution >= 0.6 is 11.3 Å². The topological polar surface area (TPSA) is 79.8 Å². The fraction of sp³-hybridized carbons (Fsp3) is 0.273. The summed E-state index contributed by atoms with van der Waals surface area (Å²) in [5, 5.41) is 0.936. The van der Waals surface area contributed by atoms with Crippen LogP contribution in [-0.2, 0) is 9.59 Å². The average Bonchev–Trinajstić information content (AvgIpc) is 3.31. The number of fused-ring (bicyclic) bond motifs is 1. The number of nitrogens with zero attached hydrogens (tertiary/aromatic N) is 3. The molecule has 154 valence electrons. The molecule has 0 unspecified atom stereocenters. The van der Waals surface area contributed by atoms with Crippen molar-refractivity contribution in [1.29, 1.82) is 0 Å². The first-order chi connectivity index (χ1) is 14.5. The van der Waals surface area contributed by atoms with Crippen molar-refractivity contribution in [2.75, 3.05) is 22.9 Å². The molecule has 2 heterocycles. The highest BCUT2D eigenvalue weighted by atomic mass is 32.1. The number of rotatable bonds is 6. The Bertz CT molecular complexity index is 1120. The van der Waals surface area contributed by atoms with E-state index in [2.05, 4.69) is 23.7 Å². The first-order valence-corrected chi connectivity index (χ1v) is 10.7. The molecule has 1 aliphatic rings. The molecule has 0 spiro atoms. The molecule has 4 rings (SSSR count). The number of carbonyl (C=O) groups is 3. The van der Waals surface area contributed by atoms with E-state index in [1.807, 2.05) is 6.07 Å². The number of esters is 1. The standard InChI is InChI=1S/C22H21N3O4S/c1-3-24(4-2)22-23-17-9-8-16(13-18(17)30-22)29-21(28)14-6-5-7-15(12-14)25-19(26)10-11-20(25)27/h5-9,12-13H,3-4,10-11H2,1-2H3. The van der Waals surface area contributed by atoms with Crippen LogP contribution in [0.3, 0.4) is 0 Å². The molecule has 1 aliphatic heterocycles. The van der Waals surface area contributed by atoms with Crippen molar-refractivity contribution in [2.24, 2.45) is 0 Å². The Morgan fingerprint density at radius 3 is 2.53 bits per heavy atom. The summed E-state index contributed by atoms with van der Waals surface area (Å²) in [7, 11) is 0. The Morgan fingerprint density at radius 1 is 1.10 bits per heavy atom. The minimum atomic E-state index is -0.552. The number of hydrogen-bond donors (Lipinski definition) is 0. The van der Waals surface area contributed by atoms with Crippen molar-refractivity contribution < 1.29 is 19.1 Å². The maximum absolute atomic E-state index is 12.7. The van der Waals surface area contributed by atoms with Crippen molar-refractivity contribution in [1.82, 2.24) is 4.98 Å². The van der Waals surface area contributed by atoms with Gasteiger partial charge in [0.2, 0.25) is 11.8 Å². The van der Waals surface area contributed by atoms with Gasteiger partial charge >= 0.3 is 5.97 Å². The van der Waals surface area contributed by atoms with Gasteiger partial charge < -0.3 is 9.64 Å².